The minimum atomic E-state index is -0.561. The Bertz CT molecular complexity index is 1420. The van der Waals surface area contributed by atoms with Crippen LogP contribution in [0.3, 0.4) is 0 Å². The second-order valence-corrected chi connectivity index (χ2v) is 9.19. The van der Waals surface area contributed by atoms with Crippen molar-refractivity contribution in [3.63, 3.8) is 0 Å². The lowest BCUT2D eigenvalue weighted by atomic mass is 9.92. The number of hydrogen-bond donors (Lipinski definition) is 0. The standard InChI is InChI=1S/C30H30N4O3/c1-5-6-15-37-25-14-10-11-22(16-25)28-23(19-33(32-28)24-12-8-7-9-13-24)17-26-21(4)27(18-31)30(36)34(20(2)3)29(26)35/h7-14,16-17,19-20H,5-6,15H2,1-4H3/b26-17+. The lowest BCUT2D eigenvalue weighted by molar-refractivity contribution is -0.142. The first kappa shape index (κ1) is 25.6. The molecule has 0 saturated heterocycles. The van der Waals surface area contributed by atoms with Gasteiger partial charge in [-0.05, 0) is 63.1 Å². The van der Waals surface area contributed by atoms with Crippen LogP contribution in [0.1, 0.15) is 46.1 Å². The van der Waals surface area contributed by atoms with Gasteiger partial charge < -0.3 is 4.74 Å². The fourth-order valence-corrected chi connectivity index (χ4v) is 4.22. The summed E-state index contributed by atoms with van der Waals surface area (Å²) in [7, 11) is 0. The molecule has 0 N–H and O–H groups in total. The molecule has 2 amide bonds. The van der Waals surface area contributed by atoms with E-state index in [-0.39, 0.29) is 11.6 Å². The molecule has 7 heteroatoms. The number of carbonyl (C=O) groups excluding carboxylic acids is 2. The Morgan fingerprint density at radius 1 is 1.08 bits per heavy atom. The van der Waals surface area contributed by atoms with Crippen molar-refractivity contribution in [1.82, 2.24) is 14.7 Å². The molecule has 0 radical (unpaired) electrons. The normalized spacial score (nSPS) is 15.0. The molecular formula is C30H30N4O3. The van der Waals surface area contributed by atoms with Crippen molar-refractivity contribution < 1.29 is 14.3 Å². The summed E-state index contributed by atoms with van der Waals surface area (Å²) in [5, 5.41) is 14.5. The third-order valence-electron chi connectivity index (χ3n) is 6.23. The second kappa shape index (κ2) is 11.1. The van der Waals surface area contributed by atoms with Crippen LogP contribution in [0.15, 0.2) is 77.5 Å². The maximum atomic E-state index is 13.4. The van der Waals surface area contributed by atoms with E-state index in [0.29, 0.717) is 29.0 Å². The number of benzene rings is 2. The molecular weight excluding hydrogens is 464 g/mol. The maximum absolute atomic E-state index is 13.4. The molecule has 0 unspecified atom stereocenters. The first-order chi connectivity index (χ1) is 17.8. The van der Waals surface area contributed by atoms with Gasteiger partial charge in [-0.15, -0.1) is 0 Å². The quantitative estimate of drug-likeness (QED) is 0.227. The first-order valence-electron chi connectivity index (χ1n) is 12.4. The molecule has 0 aliphatic carbocycles. The van der Waals surface area contributed by atoms with E-state index in [2.05, 4.69) is 6.92 Å². The zero-order valence-corrected chi connectivity index (χ0v) is 21.6. The largest absolute Gasteiger partial charge is 0.494 e. The highest BCUT2D eigenvalue weighted by molar-refractivity contribution is 6.20. The summed E-state index contributed by atoms with van der Waals surface area (Å²) in [5.41, 5.74) is 3.68. The van der Waals surface area contributed by atoms with Crippen LogP contribution in [0.5, 0.6) is 5.75 Å². The number of carbonyl (C=O) groups is 2. The van der Waals surface area contributed by atoms with E-state index in [1.54, 1.807) is 31.5 Å². The Morgan fingerprint density at radius 2 is 1.84 bits per heavy atom. The van der Waals surface area contributed by atoms with Gasteiger partial charge in [-0.25, -0.2) is 4.68 Å². The van der Waals surface area contributed by atoms with Crippen LogP contribution < -0.4 is 4.74 Å². The average Bonchev–Trinajstić information content (AvgIpc) is 3.31. The number of nitriles is 1. The highest BCUT2D eigenvalue weighted by Gasteiger charge is 2.37. The van der Waals surface area contributed by atoms with Crippen molar-refractivity contribution in [2.24, 2.45) is 0 Å². The predicted molar refractivity (Wildman–Crippen MR) is 143 cm³/mol. The van der Waals surface area contributed by atoms with Crippen LogP contribution in [0.2, 0.25) is 0 Å². The van der Waals surface area contributed by atoms with Gasteiger partial charge in [0.25, 0.3) is 11.8 Å². The summed E-state index contributed by atoms with van der Waals surface area (Å²) in [4.78, 5) is 27.4. The van der Waals surface area contributed by atoms with E-state index < -0.39 is 11.8 Å². The summed E-state index contributed by atoms with van der Waals surface area (Å²) in [5.74, 6) is -0.243. The van der Waals surface area contributed by atoms with Crippen molar-refractivity contribution in [3.8, 4) is 28.8 Å². The van der Waals surface area contributed by atoms with Crippen LogP contribution in [-0.2, 0) is 9.59 Å². The molecule has 0 fully saturated rings. The smallest absolute Gasteiger partial charge is 0.271 e. The Morgan fingerprint density at radius 3 is 2.51 bits per heavy atom. The molecule has 7 nitrogen and oxygen atoms in total. The number of ether oxygens (including phenoxy) is 1. The van der Waals surface area contributed by atoms with E-state index in [4.69, 9.17) is 9.84 Å². The highest BCUT2D eigenvalue weighted by atomic mass is 16.5. The summed E-state index contributed by atoms with van der Waals surface area (Å²) in [6.07, 6.45) is 5.58. The molecule has 1 aromatic heterocycles. The number of hydrogen-bond acceptors (Lipinski definition) is 5. The molecule has 0 bridgehead atoms. The number of para-hydroxylation sites is 1. The van der Waals surface area contributed by atoms with Crippen LogP contribution in [0, 0.1) is 11.3 Å². The van der Waals surface area contributed by atoms with Crippen molar-refractivity contribution in [2.45, 2.75) is 46.6 Å². The topological polar surface area (TPSA) is 88.2 Å². The monoisotopic (exact) mass is 494 g/mol. The number of amides is 2. The summed E-state index contributed by atoms with van der Waals surface area (Å²) >= 11 is 0. The highest BCUT2D eigenvalue weighted by Crippen LogP contribution is 2.32. The summed E-state index contributed by atoms with van der Waals surface area (Å²) in [6, 6.07) is 19.0. The molecule has 2 heterocycles. The second-order valence-electron chi connectivity index (χ2n) is 9.19. The number of nitrogens with zero attached hydrogens (tertiary/aromatic N) is 4. The lowest BCUT2D eigenvalue weighted by Crippen LogP contribution is -2.46. The zero-order valence-electron chi connectivity index (χ0n) is 21.6. The van der Waals surface area contributed by atoms with Gasteiger partial charge in [-0.3, -0.25) is 14.5 Å². The zero-order chi connectivity index (χ0) is 26.5. The van der Waals surface area contributed by atoms with Gasteiger partial charge in [-0.2, -0.15) is 10.4 Å². The minimum absolute atomic E-state index is 0.0251. The SMILES string of the molecule is CCCCOc1cccc(-c2nn(-c3ccccc3)cc2/C=C2/C(=O)N(C(C)C)C(=O)C(C#N)=C2C)c1. The van der Waals surface area contributed by atoms with Crippen molar-refractivity contribution in [3.05, 3.63) is 83.1 Å². The van der Waals surface area contributed by atoms with Gasteiger partial charge >= 0.3 is 0 Å². The van der Waals surface area contributed by atoms with Crippen molar-refractivity contribution >= 4 is 17.9 Å². The number of rotatable bonds is 8. The Balaban J connectivity index is 1.88. The predicted octanol–water partition coefficient (Wildman–Crippen LogP) is 5.72. The Labute approximate surface area is 217 Å². The van der Waals surface area contributed by atoms with Crippen LogP contribution in [0.4, 0.5) is 0 Å². The van der Waals surface area contributed by atoms with Gasteiger partial charge in [0.05, 0.1) is 12.3 Å². The van der Waals surface area contributed by atoms with E-state index in [9.17, 15) is 14.9 Å². The molecule has 1 aliphatic rings. The fraction of sp³-hybridized carbons (Fsp3) is 0.267. The van der Waals surface area contributed by atoms with Crippen molar-refractivity contribution in [2.75, 3.05) is 6.61 Å². The lowest BCUT2D eigenvalue weighted by Gasteiger charge is -2.30. The number of unbranched alkanes of at least 4 members (excludes halogenated alkanes) is 1. The van der Waals surface area contributed by atoms with Crippen molar-refractivity contribution in [1.29, 1.82) is 5.26 Å². The average molecular weight is 495 g/mol. The first-order valence-corrected chi connectivity index (χ1v) is 12.4. The van der Waals surface area contributed by atoms with E-state index in [0.717, 1.165) is 34.7 Å². The van der Waals surface area contributed by atoms with Crippen LogP contribution in [0.25, 0.3) is 23.0 Å². The Kier molecular flexibility index (Phi) is 7.69. The van der Waals surface area contributed by atoms with E-state index in [1.807, 2.05) is 66.9 Å². The summed E-state index contributed by atoms with van der Waals surface area (Å²) in [6.45, 7) is 7.90. The van der Waals surface area contributed by atoms with E-state index >= 15 is 0 Å². The molecule has 1 aliphatic heterocycles. The number of imide groups is 1. The summed E-state index contributed by atoms with van der Waals surface area (Å²) < 4.78 is 7.67. The van der Waals surface area contributed by atoms with Crippen LogP contribution in [-0.4, -0.2) is 39.1 Å². The molecule has 188 valence electrons. The third-order valence-corrected chi connectivity index (χ3v) is 6.23. The van der Waals surface area contributed by atoms with Crippen LogP contribution >= 0.6 is 0 Å². The molecule has 0 saturated carbocycles. The van der Waals surface area contributed by atoms with Gasteiger partial charge in [0.1, 0.15) is 23.1 Å². The molecule has 0 atom stereocenters. The molecule has 2 aromatic carbocycles. The Hall–Kier alpha value is -4.44. The fourth-order valence-electron chi connectivity index (χ4n) is 4.22. The third kappa shape index (κ3) is 5.24. The molecule has 37 heavy (non-hydrogen) atoms. The van der Waals surface area contributed by atoms with Gasteiger partial charge in [-0.1, -0.05) is 43.7 Å². The van der Waals surface area contributed by atoms with Gasteiger partial charge in [0.2, 0.25) is 0 Å². The minimum Gasteiger partial charge on any atom is -0.494 e. The molecule has 0 spiro atoms. The molecule has 4 rings (SSSR count). The van der Waals surface area contributed by atoms with Gasteiger partial charge in [0.15, 0.2) is 0 Å². The van der Waals surface area contributed by atoms with E-state index in [1.165, 1.54) is 0 Å². The maximum Gasteiger partial charge on any atom is 0.271 e. The number of aromatic nitrogens is 2. The molecule has 3 aromatic rings. The van der Waals surface area contributed by atoms with Gasteiger partial charge in [0, 0.05) is 28.9 Å².